The van der Waals surface area contributed by atoms with Crippen LogP contribution < -0.4 is 0 Å². The lowest BCUT2D eigenvalue weighted by atomic mass is 9.89. The minimum absolute atomic E-state index is 0.427. The largest absolute Gasteiger partial charge is 0.387 e. The summed E-state index contributed by atoms with van der Waals surface area (Å²) in [5.41, 5.74) is 3.38. The summed E-state index contributed by atoms with van der Waals surface area (Å²) in [4.78, 5) is 15.9. The highest BCUT2D eigenvalue weighted by Crippen LogP contribution is 2.32. The average Bonchev–Trinajstić information content (AvgIpc) is 2.94. The summed E-state index contributed by atoms with van der Waals surface area (Å²) >= 11 is 0. The van der Waals surface area contributed by atoms with Crippen LogP contribution in [0.15, 0.2) is 59.8 Å². The second kappa shape index (κ2) is 5.36. The van der Waals surface area contributed by atoms with Gasteiger partial charge in [0.25, 0.3) is 0 Å². The molecule has 1 aliphatic heterocycles. The van der Waals surface area contributed by atoms with Crippen LogP contribution in [0.5, 0.6) is 0 Å². The van der Waals surface area contributed by atoms with E-state index < -0.39 is 17.1 Å². The Morgan fingerprint density at radius 3 is 2.38 bits per heavy atom. The van der Waals surface area contributed by atoms with Crippen LogP contribution in [0.25, 0.3) is 0 Å². The number of nitro groups is 1. The molecule has 0 unspecified atom stereocenters. The highest BCUT2D eigenvalue weighted by molar-refractivity contribution is 6.05. The third-order valence-electron chi connectivity index (χ3n) is 3.55. The lowest BCUT2D eigenvalue weighted by molar-refractivity contribution is -0.574. The Morgan fingerprint density at radius 1 is 1.10 bits per heavy atom. The van der Waals surface area contributed by atoms with E-state index in [4.69, 9.17) is 4.84 Å². The van der Waals surface area contributed by atoms with Crippen LogP contribution in [0.2, 0.25) is 0 Å². The molecule has 5 heteroatoms. The molecule has 0 fully saturated rings. The van der Waals surface area contributed by atoms with Crippen LogP contribution >= 0.6 is 0 Å². The molecule has 1 aliphatic rings. The zero-order valence-electron chi connectivity index (χ0n) is 11.5. The molecule has 2 aromatic carbocycles. The molecule has 106 valence electrons. The predicted molar refractivity (Wildman–Crippen MR) is 78.8 cm³/mol. The van der Waals surface area contributed by atoms with Crippen LogP contribution in [-0.4, -0.2) is 16.9 Å². The number of hydrogen-bond donors (Lipinski definition) is 0. The summed E-state index contributed by atoms with van der Waals surface area (Å²) in [6.45, 7) is 1.98. The minimum Gasteiger partial charge on any atom is -0.320 e. The average molecular weight is 282 g/mol. The SMILES string of the molecule is Cc1ccc([C@@H]2C(c3ccccc3)=NO[C@H]2[N+](=O)[O-])cc1. The molecule has 3 rings (SSSR count). The number of hydrogen-bond acceptors (Lipinski definition) is 4. The van der Waals surface area contributed by atoms with E-state index in [0.717, 1.165) is 16.7 Å². The molecule has 21 heavy (non-hydrogen) atoms. The molecule has 0 aliphatic carbocycles. The summed E-state index contributed by atoms with van der Waals surface area (Å²) in [6.07, 6.45) is -1.18. The van der Waals surface area contributed by atoms with Gasteiger partial charge in [-0.15, -0.1) is 0 Å². The van der Waals surface area contributed by atoms with Crippen molar-refractivity contribution in [2.24, 2.45) is 5.16 Å². The molecule has 0 N–H and O–H groups in total. The smallest absolute Gasteiger partial charge is 0.320 e. The Labute approximate surface area is 122 Å². The van der Waals surface area contributed by atoms with Crippen molar-refractivity contribution in [2.45, 2.75) is 19.1 Å². The summed E-state index contributed by atoms with van der Waals surface area (Å²) in [5.74, 6) is -0.497. The van der Waals surface area contributed by atoms with E-state index in [-0.39, 0.29) is 0 Å². The minimum atomic E-state index is -1.18. The fourth-order valence-electron chi connectivity index (χ4n) is 2.46. The van der Waals surface area contributed by atoms with E-state index in [1.54, 1.807) is 0 Å². The maximum atomic E-state index is 11.2. The van der Waals surface area contributed by atoms with Gasteiger partial charge in [-0.05, 0) is 12.5 Å². The molecular weight excluding hydrogens is 268 g/mol. The Kier molecular flexibility index (Phi) is 3.39. The van der Waals surface area contributed by atoms with Crippen LogP contribution in [0.3, 0.4) is 0 Å². The highest BCUT2D eigenvalue weighted by atomic mass is 16.7. The van der Waals surface area contributed by atoms with Crippen molar-refractivity contribution in [3.05, 3.63) is 81.4 Å². The third-order valence-corrected chi connectivity index (χ3v) is 3.55. The van der Waals surface area contributed by atoms with Crippen molar-refractivity contribution >= 4 is 5.71 Å². The maximum absolute atomic E-state index is 11.2. The summed E-state index contributed by atoms with van der Waals surface area (Å²) < 4.78 is 0. The zero-order valence-corrected chi connectivity index (χ0v) is 11.5. The molecule has 0 spiro atoms. The van der Waals surface area contributed by atoms with Crippen LogP contribution in [0, 0.1) is 17.0 Å². The maximum Gasteiger partial charge on any atom is 0.387 e. The molecule has 0 bridgehead atoms. The molecule has 0 aromatic heterocycles. The van der Waals surface area contributed by atoms with Gasteiger partial charge in [-0.25, -0.2) is 0 Å². The van der Waals surface area contributed by atoms with E-state index >= 15 is 0 Å². The first kappa shape index (κ1) is 13.3. The molecule has 2 atom stereocenters. The molecule has 2 aromatic rings. The van der Waals surface area contributed by atoms with Crippen LogP contribution in [0.1, 0.15) is 22.6 Å². The van der Waals surface area contributed by atoms with E-state index in [1.165, 1.54) is 0 Å². The topological polar surface area (TPSA) is 64.7 Å². The lowest BCUT2D eigenvalue weighted by Crippen LogP contribution is -2.29. The van der Waals surface area contributed by atoms with Gasteiger partial charge >= 0.3 is 6.23 Å². The van der Waals surface area contributed by atoms with Crippen molar-refractivity contribution in [3.8, 4) is 0 Å². The second-order valence-electron chi connectivity index (χ2n) is 5.01. The van der Waals surface area contributed by atoms with Crippen LogP contribution in [0.4, 0.5) is 0 Å². The van der Waals surface area contributed by atoms with Crippen LogP contribution in [-0.2, 0) is 4.84 Å². The van der Waals surface area contributed by atoms with Gasteiger partial charge < -0.3 is 4.84 Å². The van der Waals surface area contributed by atoms with Gasteiger partial charge in [0.1, 0.15) is 11.6 Å². The second-order valence-corrected chi connectivity index (χ2v) is 5.01. The molecule has 0 radical (unpaired) electrons. The number of aryl methyl sites for hydroxylation is 1. The first-order valence-electron chi connectivity index (χ1n) is 6.66. The molecule has 5 nitrogen and oxygen atoms in total. The standard InChI is InChI=1S/C16H14N2O3/c1-11-7-9-12(10-8-11)14-15(13-5-3-2-4-6-13)17-21-16(14)18(19)20/h2-10,14,16H,1H3/t14-,16-/m1/s1. The number of nitrogens with zero attached hydrogens (tertiary/aromatic N) is 2. The quantitative estimate of drug-likeness (QED) is 0.641. The number of rotatable bonds is 3. The monoisotopic (exact) mass is 282 g/mol. The van der Waals surface area contributed by atoms with Crippen molar-refractivity contribution in [2.75, 3.05) is 0 Å². The summed E-state index contributed by atoms with van der Waals surface area (Å²) in [7, 11) is 0. The Morgan fingerprint density at radius 2 is 1.76 bits per heavy atom. The fourth-order valence-corrected chi connectivity index (χ4v) is 2.46. The molecule has 0 amide bonds. The van der Waals surface area contributed by atoms with Gasteiger partial charge in [-0.3, -0.25) is 10.1 Å². The van der Waals surface area contributed by atoms with Gasteiger partial charge in [-0.1, -0.05) is 65.3 Å². The normalized spacial score (nSPS) is 20.7. The van der Waals surface area contributed by atoms with E-state index in [0.29, 0.717) is 5.71 Å². The number of benzene rings is 2. The van der Waals surface area contributed by atoms with E-state index in [1.807, 2.05) is 61.5 Å². The lowest BCUT2D eigenvalue weighted by Gasteiger charge is -2.13. The molecule has 0 saturated carbocycles. The predicted octanol–water partition coefficient (Wildman–Crippen LogP) is 3.12. The summed E-state index contributed by atoms with van der Waals surface area (Å²) in [5, 5.41) is 15.2. The van der Waals surface area contributed by atoms with Crippen molar-refractivity contribution in [1.82, 2.24) is 0 Å². The van der Waals surface area contributed by atoms with E-state index in [9.17, 15) is 10.1 Å². The van der Waals surface area contributed by atoms with Gasteiger partial charge in [0.2, 0.25) is 0 Å². The fraction of sp³-hybridized carbons (Fsp3) is 0.188. The molecule has 0 saturated heterocycles. The van der Waals surface area contributed by atoms with Gasteiger partial charge in [0.15, 0.2) is 0 Å². The van der Waals surface area contributed by atoms with Gasteiger partial charge in [-0.2, -0.15) is 0 Å². The third kappa shape index (κ3) is 2.50. The van der Waals surface area contributed by atoms with Crippen molar-refractivity contribution in [1.29, 1.82) is 0 Å². The zero-order chi connectivity index (χ0) is 14.8. The van der Waals surface area contributed by atoms with Gasteiger partial charge in [0.05, 0.1) is 4.92 Å². The highest BCUT2D eigenvalue weighted by Gasteiger charge is 2.44. The molecular formula is C16H14N2O3. The first-order chi connectivity index (χ1) is 10.2. The van der Waals surface area contributed by atoms with Crippen molar-refractivity contribution < 1.29 is 9.76 Å². The Balaban J connectivity index is 2.04. The molecule has 1 heterocycles. The summed E-state index contributed by atoms with van der Waals surface area (Å²) in [6, 6.07) is 17.1. The Bertz CT molecular complexity index is 680. The van der Waals surface area contributed by atoms with E-state index in [2.05, 4.69) is 5.16 Å². The first-order valence-corrected chi connectivity index (χ1v) is 6.66. The van der Waals surface area contributed by atoms with Crippen molar-refractivity contribution in [3.63, 3.8) is 0 Å². The Hall–Kier alpha value is -2.69. The number of oxime groups is 1. The van der Waals surface area contributed by atoms with Gasteiger partial charge in [0, 0.05) is 5.56 Å².